The summed E-state index contributed by atoms with van der Waals surface area (Å²) in [6, 6.07) is 3.90. The predicted octanol–water partition coefficient (Wildman–Crippen LogP) is 2.83. The molecule has 2 aromatic heterocycles. The molecule has 2 heterocycles. The van der Waals surface area contributed by atoms with Crippen LogP contribution in [0.1, 0.15) is 36.3 Å². The van der Waals surface area contributed by atoms with Crippen molar-refractivity contribution < 1.29 is 4.42 Å². The van der Waals surface area contributed by atoms with Crippen LogP contribution in [0.3, 0.4) is 0 Å². The minimum absolute atomic E-state index is 0.538. The van der Waals surface area contributed by atoms with Crippen molar-refractivity contribution in [3.63, 3.8) is 0 Å². The fourth-order valence-electron chi connectivity index (χ4n) is 1.84. The van der Waals surface area contributed by atoms with Gasteiger partial charge in [0.2, 0.25) is 0 Å². The van der Waals surface area contributed by atoms with E-state index in [1.165, 1.54) is 0 Å². The molecule has 0 saturated heterocycles. The number of hydrogen-bond acceptors (Lipinski definition) is 5. The van der Waals surface area contributed by atoms with Gasteiger partial charge < -0.3 is 15.5 Å². The maximum absolute atomic E-state index is 5.91. The number of nitrogens with two attached hydrogens (primary N) is 1. The number of aryl methyl sites for hydroxylation is 2. The second kappa shape index (κ2) is 5.73. The number of hydrogen-bond donors (Lipinski definition) is 2. The molecular formula is C14H20N4O. The zero-order valence-electron chi connectivity index (χ0n) is 11.7. The summed E-state index contributed by atoms with van der Waals surface area (Å²) >= 11 is 0. The summed E-state index contributed by atoms with van der Waals surface area (Å²) in [7, 11) is 0. The highest BCUT2D eigenvalue weighted by atomic mass is 16.3. The van der Waals surface area contributed by atoms with E-state index in [-0.39, 0.29) is 0 Å². The predicted molar refractivity (Wildman–Crippen MR) is 75.9 cm³/mol. The molecule has 0 amide bonds. The molecule has 0 aliphatic carbocycles. The molecule has 2 aromatic rings. The standard InChI is InChI=1S/C14H20N4O/c1-4-5-12-17-13(15)10(3)14(18-12)16-8-11-7-6-9(2)19-11/h6-7H,4-5,8H2,1-3H3,(H3,15,16,17,18). The van der Waals surface area contributed by atoms with Crippen LogP contribution >= 0.6 is 0 Å². The number of furan rings is 1. The molecule has 0 atom stereocenters. The number of nitrogens with one attached hydrogen (secondary N) is 1. The van der Waals surface area contributed by atoms with E-state index in [0.29, 0.717) is 12.4 Å². The molecule has 5 nitrogen and oxygen atoms in total. The van der Waals surface area contributed by atoms with Crippen molar-refractivity contribution in [1.29, 1.82) is 0 Å². The average molecular weight is 260 g/mol. The first-order chi connectivity index (χ1) is 9.10. The van der Waals surface area contributed by atoms with Crippen LogP contribution in [0.5, 0.6) is 0 Å². The van der Waals surface area contributed by atoms with Crippen molar-refractivity contribution in [2.45, 2.75) is 40.2 Å². The van der Waals surface area contributed by atoms with Crippen LogP contribution in [0.25, 0.3) is 0 Å². The summed E-state index contributed by atoms with van der Waals surface area (Å²) in [6.45, 7) is 6.53. The third-order valence-electron chi connectivity index (χ3n) is 2.93. The van der Waals surface area contributed by atoms with Crippen molar-refractivity contribution in [3.05, 3.63) is 35.0 Å². The minimum atomic E-state index is 0.538. The molecule has 0 aromatic carbocycles. The van der Waals surface area contributed by atoms with Gasteiger partial charge in [0.25, 0.3) is 0 Å². The second-order valence-corrected chi connectivity index (χ2v) is 4.61. The van der Waals surface area contributed by atoms with Crippen LogP contribution < -0.4 is 11.1 Å². The van der Waals surface area contributed by atoms with Crippen LogP contribution in [-0.4, -0.2) is 9.97 Å². The van der Waals surface area contributed by atoms with Crippen LogP contribution in [0.15, 0.2) is 16.5 Å². The number of anilines is 2. The molecular weight excluding hydrogens is 240 g/mol. The van der Waals surface area contributed by atoms with E-state index in [2.05, 4.69) is 22.2 Å². The molecule has 0 aliphatic rings. The largest absolute Gasteiger partial charge is 0.465 e. The fourth-order valence-corrected chi connectivity index (χ4v) is 1.84. The van der Waals surface area contributed by atoms with Gasteiger partial charge in [0.15, 0.2) is 0 Å². The Morgan fingerprint density at radius 1 is 1.26 bits per heavy atom. The Bertz CT molecular complexity index is 563. The molecule has 0 aliphatic heterocycles. The number of nitrogens with zero attached hydrogens (tertiary/aromatic N) is 2. The lowest BCUT2D eigenvalue weighted by molar-refractivity contribution is 0.490. The highest BCUT2D eigenvalue weighted by Crippen LogP contribution is 2.19. The van der Waals surface area contributed by atoms with Crippen molar-refractivity contribution >= 4 is 11.6 Å². The van der Waals surface area contributed by atoms with E-state index in [0.717, 1.165) is 41.6 Å². The van der Waals surface area contributed by atoms with E-state index in [4.69, 9.17) is 10.2 Å². The van der Waals surface area contributed by atoms with E-state index in [9.17, 15) is 0 Å². The molecule has 0 fully saturated rings. The van der Waals surface area contributed by atoms with Crippen molar-refractivity contribution in [3.8, 4) is 0 Å². The summed E-state index contributed by atoms with van der Waals surface area (Å²) in [4.78, 5) is 8.79. The van der Waals surface area contributed by atoms with E-state index >= 15 is 0 Å². The average Bonchev–Trinajstić information content (AvgIpc) is 2.78. The maximum atomic E-state index is 5.91. The Morgan fingerprint density at radius 2 is 2.05 bits per heavy atom. The monoisotopic (exact) mass is 260 g/mol. The molecule has 0 bridgehead atoms. The van der Waals surface area contributed by atoms with Gasteiger partial charge in [-0.2, -0.15) is 0 Å². The summed E-state index contributed by atoms with van der Waals surface area (Å²) in [6.07, 6.45) is 1.83. The Kier molecular flexibility index (Phi) is 4.04. The Morgan fingerprint density at radius 3 is 2.68 bits per heavy atom. The third-order valence-corrected chi connectivity index (χ3v) is 2.93. The van der Waals surface area contributed by atoms with Gasteiger partial charge in [0.05, 0.1) is 6.54 Å². The number of nitrogen functional groups attached to an aromatic ring is 1. The molecule has 19 heavy (non-hydrogen) atoms. The maximum Gasteiger partial charge on any atom is 0.135 e. The molecule has 2 rings (SSSR count). The SMILES string of the molecule is CCCc1nc(N)c(C)c(NCc2ccc(C)o2)n1. The quantitative estimate of drug-likeness (QED) is 0.864. The zero-order chi connectivity index (χ0) is 13.8. The Labute approximate surface area is 113 Å². The van der Waals surface area contributed by atoms with Gasteiger partial charge in [-0.15, -0.1) is 0 Å². The van der Waals surface area contributed by atoms with Gasteiger partial charge in [-0.3, -0.25) is 0 Å². The fraction of sp³-hybridized carbons (Fsp3) is 0.429. The van der Waals surface area contributed by atoms with Crippen LogP contribution in [-0.2, 0) is 13.0 Å². The zero-order valence-corrected chi connectivity index (χ0v) is 11.7. The van der Waals surface area contributed by atoms with Gasteiger partial charge in [0, 0.05) is 12.0 Å². The van der Waals surface area contributed by atoms with E-state index < -0.39 is 0 Å². The minimum Gasteiger partial charge on any atom is -0.465 e. The highest BCUT2D eigenvalue weighted by molar-refractivity contribution is 5.54. The second-order valence-electron chi connectivity index (χ2n) is 4.61. The van der Waals surface area contributed by atoms with Gasteiger partial charge in [0.1, 0.15) is 29.0 Å². The van der Waals surface area contributed by atoms with Crippen LogP contribution in [0.4, 0.5) is 11.6 Å². The smallest absolute Gasteiger partial charge is 0.135 e. The molecule has 0 radical (unpaired) electrons. The lowest BCUT2D eigenvalue weighted by Gasteiger charge is -2.11. The molecule has 5 heteroatoms. The summed E-state index contributed by atoms with van der Waals surface area (Å²) < 4.78 is 5.52. The lowest BCUT2D eigenvalue weighted by atomic mass is 10.2. The van der Waals surface area contributed by atoms with Crippen molar-refractivity contribution in [2.75, 3.05) is 11.1 Å². The van der Waals surface area contributed by atoms with Crippen LogP contribution in [0, 0.1) is 13.8 Å². The number of rotatable bonds is 5. The highest BCUT2D eigenvalue weighted by Gasteiger charge is 2.08. The molecule has 102 valence electrons. The Hall–Kier alpha value is -2.04. The van der Waals surface area contributed by atoms with Crippen molar-refractivity contribution in [1.82, 2.24) is 9.97 Å². The lowest BCUT2D eigenvalue weighted by Crippen LogP contribution is -2.09. The molecule has 3 N–H and O–H groups in total. The number of aromatic nitrogens is 2. The first-order valence-corrected chi connectivity index (χ1v) is 6.52. The first-order valence-electron chi connectivity index (χ1n) is 6.52. The summed E-state index contributed by atoms with van der Waals surface area (Å²) in [5, 5.41) is 3.26. The van der Waals surface area contributed by atoms with Crippen molar-refractivity contribution in [2.24, 2.45) is 0 Å². The summed E-state index contributed by atoms with van der Waals surface area (Å²) in [5.74, 6) is 3.89. The van der Waals surface area contributed by atoms with Gasteiger partial charge in [-0.25, -0.2) is 9.97 Å². The van der Waals surface area contributed by atoms with E-state index in [1.54, 1.807) is 0 Å². The van der Waals surface area contributed by atoms with Crippen LogP contribution in [0.2, 0.25) is 0 Å². The van der Waals surface area contributed by atoms with Gasteiger partial charge in [-0.1, -0.05) is 6.92 Å². The first kappa shape index (κ1) is 13.4. The van der Waals surface area contributed by atoms with Gasteiger partial charge in [-0.05, 0) is 32.4 Å². The molecule has 0 spiro atoms. The molecule has 0 saturated carbocycles. The summed E-state index contributed by atoms with van der Waals surface area (Å²) in [5.41, 5.74) is 6.79. The van der Waals surface area contributed by atoms with Gasteiger partial charge >= 0.3 is 0 Å². The topological polar surface area (TPSA) is 77.0 Å². The van der Waals surface area contributed by atoms with E-state index in [1.807, 2.05) is 26.0 Å². The third kappa shape index (κ3) is 3.24. The normalized spacial score (nSPS) is 10.7. The molecule has 0 unspecified atom stereocenters. The Balaban J connectivity index is 2.14.